The zero-order chi connectivity index (χ0) is 15.2. The predicted molar refractivity (Wildman–Crippen MR) is 87.7 cm³/mol. The molecule has 0 amide bonds. The molecule has 0 aliphatic heterocycles. The second-order valence-electron chi connectivity index (χ2n) is 5.13. The van der Waals surface area contributed by atoms with Gasteiger partial charge in [0.15, 0.2) is 0 Å². The molecule has 110 valence electrons. The van der Waals surface area contributed by atoms with E-state index in [0.717, 1.165) is 11.3 Å². The molecule has 0 fully saturated rings. The molecule has 2 aromatic carbocycles. The van der Waals surface area contributed by atoms with Crippen molar-refractivity contribution >= 4 is 0 Å². The van der Waals surface area contributed by atoms with E-state index in [2.05, 4.69) is 56.3 Å². The molecule has 0 N–H and O–H groups in total. The minimum absolute atomic E-state index is 0.282. The van der Waals surface area contributed by atoms with Gasteiger partial charge in [-0.15, -0.1) is 0 Å². The number of hydrogen-bond acceptors (Lipinski definition) is 2. The molecule has 0 heterocycles. The van der Waals surface area contributed by atoms with Crippen molar-refractivity contribution in [3.8, 4) is 16.9 Å². The summed E-state index contributed by atoms with van der Waals surface area (Å²) < 4.78 is 10.6. The van der Waals surface area contributed by atoms with Crippen molar-refractivity contribution < 1.29 is 9.47 Å². The van der Waals surface area contributed by atoms with Crippen molar-refractivity contribution in [1.29, 1.82) is 0 Å². The molecule has 1 atom stereocenters. The summed E-state index contributed by atoms with van der Waals surface area (Å²) in [6.45, 7) is 4.25. The fraction of sp³-hybridized carbons (Fsp3) is 0.263. The lowest BCUT2D eigenvalue weighted by atomic mass is 9.94. The van der Waals surface area contributed by atoms with Gasteiger partial charge in [0.05, 0.1) is 20.5 Å². The monoisotopic (exact) mass is 282 g/mol. The van der Waals surface area contributed by atoms with Crippen molar-refractivity contribution in [2.75, 3.05) is 14.2 Å². The van der Waals surface area contributed by atoms with E-state index in [1.807, 2.05) is 6.08 Å². The Hall–Kier alpha value is -2.22. The third-order valence-electron chi connectivity index (χ3n) is 3.69. The summed E-state index contributed by atoms with van der Waals surface area (Å²) in [4.78, 5) is 0. The standard InChI is InChI=1S/C19H22O2/c1-14(11-12-20-3)16-9-10-18(19(13-16)21-4)17-8-6-5-7-15(17)2/h5-14H,1-4H3/b12-11+. The largest absolute Gasteiger partial charge is 0.505 e. The first-order valence-corrected chi connectivity index (χ1v) is 7.10. The molecule has 0 bridgehead atoms. The highest BCUT2D eigenvalue weighted by Gasteiger charge is 2.11. The molecule has 0 aliphatic rings. The molecule has 0 saturated carbocycles. The predicted octanol–water partition coefficient (Wildman–Crippen LogP) is 4.93. The van der Waals surface area contributed by atoms with Crippen molar-refractivity contribution in [1.82, 2.24) is 0 Å². The second-order valence-corrected chi connectivity index (χ2v) is 5.13. The minimum atomic E-state index is 0.282. The third kappa shape index (κ3) is 3.46. The van der Waals surface area contributed by atoms with Gasteiger partial charge >= 0.3 is 0 Å². The molecule has 21 heavy (non-hydrogen) atoms. The normalized spacial score (nSPS) is 12.4. The molecule has 0 saturated heterocycles. The SMILES string of the molecule is CO/C=C/C(C)c1ccc(-c2ccccc2C)c(OC)c1. The Morgan fingerprint density at radius 1 is 1.00 bits per heavy atom. The highest BCUT2D eigenvalue weighted by Crippen LogP contribution is 2.34. The van der Waals surface area contributed by atoms with E-state index >= 15 is 0 Å². The third-order valence-corrected chi connectivity index (χ3v) is 3.69. The first-order chi connectivity index (χ1) is 10.2. The van der Waals surface area contributed by atoms with Gasteiger partial charge in [-0.1, -0.05) is 43.3 Å². The lowest BCUT2D eigenvalue weighted by molar-refractivity contribution is 0.336. The van der Waals surface area contributed by atoms with Gasteiger partial charge in [0.25, 0.3) is 0 Å². The van der Waals surface area contributed by atoms with Crippen LogP contribution in [0, 0.1) is 6.92 Å². The second kappa shape index (κ2) is 6.98. The molecular formula is C19H22O2. The Balaban J connectivity index is 2.42. The Morgan fingerprint density at radius 3 is 2.43 bits per heavy atom. The number of benzene rings is 2. The van der Waals surface area contributed by atoms with E-state index in [9.17, 15) is 0 Å². The van der Waals surface area contributed by atoms with Gasteiger partial charge in [-0.2, -0.15) is 0 Å². The summed E-state index contributed by atoms with van der Waals surface area (Å²) in [5.41, 5.74) is 4.79. The van der Waals surface area contributed by atoms with Gasteiger partial charge in [-0.05, 0) is 35.8 Å². The number of ether oxygens (including phenoxy) is 2. The maximum absolute atomic E-state index is 5.59. The summed E-state index contributed by atoms with van der Waals surface area (Å²) in [5.74, 6) is 1.18. The molecule has 2 heteroatoms. The molecule has 0 aromatic heterocycles. The van der Waals surface area contributed by atoms with Crippen LogP contribution in [0.2, 0.25) is 0 Å². The molecule has 2 aromatic rings. The highest BCUT2D eigenvalue weighted by atomic mass is 16.5. The first-order valence-electron chi connectivity index (χ1n) is 7.10. The van der Waals surface area contributed by atoms with Crippen molar-refractivity contribution in [3.05, 3.63) is 65.9 Å². The molecule has 0 aliphatic carbocycles. The quantitative estimate of drug-likeness (QED) is 0.724. The van der Waals surface area contributed by atoms with Gasteiger partial charge < -0.3 is 9.47 Å². The Morgan fingerprint density at radius 2 is 1.76 bits per heavy atom. The molecule has 2 rings (SSSR count). The van der Waals surface area contributed by atoms with Crippen LogP contribution in [-0.4, -0.2) is 14.2 Å². The van der Waals surface area contributed by atoms with Crippen LogP contribution in [0.25, 0.3) is 11.1 Å². The van der Waals surface area contributed by atoms with Crippen molar-refractivity contribution in [2.24, 2.45) is 0 Å². The molecule has 0 spiro atoms. The molecular weight excluding hydrogens is 260 g/mol. The highest BCUT2D eigenvalue weighted by molar-refractivity contribution is 5.73. The summed E-state index contributed by atoms with van der Waals surface area (Å²) in [7, 11) is 3.38. The van der Waals surface area contributed by atoms with E-state index in [1.54, 1.807) is 20.5 Å². The van der Waals surface area contributed by atoms with Gasteiger partial charge in [0.2, 0.25) is 0 Å². The smallest absolute Gasteiger partial charge is 0.126 e. The van der Waals surface area contributed by atoms with Gasteiger partial charge in [0, 0.05) is 11.5 Å². The zero-order valence-corrected chi connectivity index (χ0v) is 13.1. The van der Waals surface area contributed by atoms with Crippen LogP contribution in [-0.2, 0) is 4.74 Å². The lowest BCUT2D eigenvalue weighted by Gasteiger charge is -2.14. The van der Waals surface area contributed by atoms with E-state index in [-0.39, 0.29) is 5.92 Å². The lowest BCUT2D eigenvalue weighted by Crippen LogP contribution is -1.95. The average molecular weight is 282 g/mol. The molecule has 2 nitrogen and oxygen atoms in total. The Kier molecular flexibility index (Phi) is 5.04. The van der Waals surface area contributed by atoms with E-state index in [0.29, 0.717) is 0 Å². The fourth-order valence-electron chi connectivity index (χ4n) is 2.40. The van der Waals surface area contributed by atoms with Crippen LogP contribution in [0.1, 0.15) is 24.0 Å². The van der Waals surface area contributed by atoms with Crippen LogP contribution < -0.4 is 4.74 Å². The van der Waals surface area contributed by atoms with Crippen molar-refractivity contribution in [3.63, 3.8) is 0 Å². The summed E-state index contributed by atoms with van der Waals surface area (Å²) in [6.07, 6.45) is 3.74. The number of methoxy groups -OCH3 is 2. The van der Waals surface area contributed by atoms with Crippen LogP contribution in [0.4, 0.5) is 0 Å². The van der Waals surface area contributed by atoms with Crippen LogP contribution in [0.3, 0.4) is 0 Å². The first kappa shape index (κ1) is 15.2. The topological polar surface area (TPSA) is 18.5 Å². The number of hydrogen-bond donors (Lipinski definition) is 0. The van der Waals surface area contributed by atoms with Gasteiger partial charge in [-0.25, -0.2) is 0 Å². The maximum atomic E-state index is 5.59. The summed E-state index contributed by atoms with van der Waals surface area (Å²) >= 11 is 0. The summed E-state index contributed by atoms with van der Waals surface area (Å²) in [6, 6.07) is 14.7. The molecule has 1 unspecified atom stereocenters. The average Bonchev–Trinajstić information content (AvgIpc) is 2.52. The number of aryl methyl sites for hydroxylation is 1. The van der Waals surface area contributed by atoms with E-state index in [1.165, 1.54) is 16.7 Å². The minimum Gasteiger partial charge on any atom is -0.505 e. The van der Waals surface area contributed by atoms with Crippen molar-refractivity contribution in [2.45, 2.75) is 19.8 Å². The van der Waals surface area contributed by atoms with Gasteiger partial charge in [0.1, 0.15) is 5.75 Å². The maximum Gasteiger partial charge on any atom is 0.126 e. The summed E-state index contributed by atoms with van der Waals surface area (Å²) in [5, 5.41) is 0. The van der Waals surface area contributed by atoms with Crippen LogP contribution in [0.15, 0.2) is 54.8 Å². The van der Waals surface area contributed by atoms with Gasteiger partial charge in [-0.3, -0.25) is 0 Å². The molecule has 0 radical (unpaired) electrons. The number of rotatable bonds is 5. The Labute approximate surface area is 127 Å². The fourth-order valence-corrected chi connectivity index (χ4v) is 2.40. The van der Waals surface area contributed by atoms with Crippen LogP contribution in [0.5, 0.6) is 5.75 Å². The number of allylic oxidation sites excluding steroid dienone is 1. The van der Waals surface area contributed by atoms with E-state index < -0.39 is 0 Å². The zero-order valence-electron chi connectivity index (χ0n) is 13.1. The van der Waals surface area contributed by atoms with E-state index in [4.69, 9.17) is 9.47 Å². The Bertz CT molecular complexity index is 629. The van der Waals surface area contributed by atoms with Crippen LogP contribution >= 0.6 is 0 Å².